The number of aliphatic hydroxyl groups excluding tert-OH is 1. The molecule has 0 fully saturated rings. The Bertz CT molecular complexity index is 614. The Kier molecular flexibility index (Phi) is 5.86. The third-order valence-corrected chi connectivity index (χ3v) is 3.47. The maximum Gasteiger partial charge on any atom is 0.193 e. The Morgan fingerprint density at radius 2 is 2.23 bits per heavy atom. The van der Waals surface area contributed by atoms with Crippen LogP contribution in [0.15, 0.2) is 52.1 Å². The van der Waals surface area contributed by atoms with E-state index in [1.165, 1.54) is 0 Å². The van der Waals surface area contributed by atoms with Crippen LogP contribution in [0.25, 0.3) is 0 Å². The monoisotopic (exact) mass is 321 g/mol. The number of furan rings is 1. The Morgan fingerprint density at radius 3 is 2.86 bits per heavy atom. The zero-order valence-corrected chi connectivity index (χ0v) is 13.4. The fourth-order valence-corrected chi connectivity index (χ4v) is 2.31. The second-order valence-electron chi connectivity index (χ2n) is 4.93. The van der Waals surface area contributed by atoms with Crippen molar-refractivity contribution in [3.63, 3.8) is 0 Å². The van der Waals surface area contributed by atoms with Crippen LogP contribution in [0.4, 0.5) is 0 Å². The molecular formula is C16H20ClN3O2. The highest BCUT2D eigenvalue weighted by Gasteiger charge is 2.12. The van der Waals surface area contributed by atoms with Crippen molar-refractivity contribution in [1.82, 2.24) is 10.2 Å². The third-order valence-electron chi connectivity index (χ3n) is 3.23. The lowest BCUT2D eigenvalue weighted by Crippen LogP contribution is -2.40. The van der Waals surface area contributed by atoms with Gasteiger partial charge in [0.25, 0.3) is 0 Å². The van der Waals surface area contributed by atoms with E-state index in [1.807, 2.05) is 36.2 Å². The number of aliphatic imine (C=N–C) groups is 1. The summed E-state index contributed by atoms with van der Waals surface area (Å²) >= 11 is 5.93. The average Bonchev–Trinajstić information content (AvgIpc) is 3.00. The molecule has 0 bridgehead atoms. The van der Waals surface area contributed by atoms with Gasteiger partial charge < -0.3 is 19.7 Å². The van der Waals surface area contributed by atoms with E-state index in [2.05, 4.69) is 10.3 Å². The van der Waals surface area contributed by atoms with E-state index in [0.717, 1.165) is 11.3 Å². The van der Waals surface area contributed by atoms with E-state index in [0.29, 0.717) is 24.1 Å². The Morgan fingerprint density at radius 1 is 1.41 bits per heavy atom. The van der Waals surface area contributed by atoms with Crippen LogP contribution in [-0.4, -0.2) is 36.6 Å². The molecule has 2 N–H and O–H groups in total. The fraction of sp³-hybridized carbons (Fsp3) is 0.312. The predicted octanol–water partition coefficient (Wildman–Crippen LogP) is 2.67. The van der Waals surface area contributed by atoms with Gasteiger partial charge in [-0.2, -0.15) is 0 Å². The van der Waals surface area contributed by atoms with Gasteiger partial charge in [-0.05, 0) is 29.8 Å². The first-order valence-corrected chi connectivity index (χ1v) is 7.35. The molecule has 1 aromatic heterocycles. The smallest absolute Gasteiger partial charge is 0.193 e. The van der Waals surface area contributed by atoms with Gasteiger partial charge in [0.1, 0.15) is 5.76 Å². The molecule has 5 nitrogen and oxygen atoms in total. The van der Waals surface area contributed by atoms with Crippen LogP contribution < -0.4 is 5.32 Å². The minimum Gasteiger partial charge on any atom is -0.467 e. The summed E-state index contributed by atoms with van der Waals surface area (Å²) in [6, 6.07) is 10.9. The van der Waals surface area contributed by atoms with Gasteiger partial charge in [0.15, 0.2) is 5.96 Å². The molecule has 1 unspecified atom stereocenters. The summed E-state index contributed by atoms with van der Waals surface area (Å²) < 4.78 is 5.32. The van der Waals surface area contributed by atoms with Crippen molar-refractivity contribution in [3.8, 4) is 0 Å². The van der Waals surface area contributed by atoms with Crippen molar-refractivity contribution in [3.05, 3.63) is 59.0 Å². The standard InChI is InChI=1S/C16H20ClN3O2/c1-18-16(20(2)11-14-7-4-8-22-14)19-10-15(21)12-5-3-6-13(17)9-12/h3-9,15,21H,10-11H2,1-2H3,(H,18,19). The van der Waals surface area contributed by atoms with Crippen LogP contribution in [0.3, 0.4) is 0 Å². The number of hydrogen-bond donors (Lipinski definition) is 2. The number of hydrogen-bond acceptors (Lipinski definition) is 3. The maximum atomic E-state index is 10.2. The van der Waals surface area contributed by atoms with Gasteiger partial charge in [-0.15, -0.1) is 0 Å². The average molecular weight is 322 g/mol. The first kappa shape index (κ1) is 16.4. The molecule has 0 amide bonds. The van der Waals surface area contributed by atoms with Gasteiger partial charge in [0, 0.05) is 25.7 Å². The molecule has 0 aliphatic heterocycles. The Balaban J connectivity index is 1.90. The molecule has 1 atom stereocenters. The van der Waals surface area contributed by atoms with Gasteiger partial charge in [-0.1, -0.05) is 23.7 Å². The van der Waals surface area contributed by atoms with Gasteiger partial charge >= 0.3 is 0 Å². The second-order valence-corrected chi connectivity index (χ2v) is 5.37. The van der Waals surface area contributed by atoms with Crippen molar-refractivity contribution in [2.24, 2.45) is 4.99 Å². The lowest BCUT2D eigenvalue weighted by molar-refractivity contribution is 0.179. The van der Waals surface area contributed by atoms with E-state index in [-0.39, 0.29) is 0 Å². The lowest BCUT2D eigenvalue weighted by atomic mass is 10.1. The Hall–Kier alpha value is -1.98. The van der Waals surface area contributed by atoms with E-state index in [9.17, 15) is 5.11 Å². The summed E-state index contributed by atoms with van der Waals surface area (Å²) in [5, 5.41) is 14.0. The first-order chi connectivity index (χ1) is 10.6. The van der Waals surface area contributed by atoms with Gasteiger partial charge in [-0.3, -0.25) is 4.99 Å². The van der Waals surface area contributed by atoms with Crippen LogP contribution in [-0.2, 0) is 6.54 Å². The Labute approximate surface area is 135 Å². The van der Waals surface area contributed by atoms with E-state index in [4.69, 9.17) is 16.0 Å². The van der Waals surface area contributed by atoms with Gasteiger partial charge in [-0.25, -0.2) is 0 Å². The lowest BCUT2D eigenvalue weighted by Gasteiger charge is -2.22. The van der Waals surface area contributed by atoms with E-state index in [1.54, 1.807) is 25.4 Å². The molecule has 22 heavy (non-hydrogen) atoms. The number of aliphatic hydroxyl groups is 1. The zero-order valence-electron chi connectivity index (χ0n) is 12.7. The minimum atomic E-state index is -0.660. The van der Waals surface area contributed by atoms with Gasteiger partial charge in [0.05, 0.1) is 18.9 Å². The first-order valence-electron chi connectivity index (χ1n) is 6.98. The SMILES string of the molecule is CN=C(NCC(O)c1cccc(Cl)c1)N(C)Cc1ccco1. The van der Waals surface area contributed by atoms with Crippen LogP contribution in [0, 0.1) is 0 Å². The normalized spacial score (nSPS) is 13.0. The van der Waals surface area contributed by atoms with Crippen LogP contribution >= 0.6 is 11.6 Å². The topological polar surface area (TPSA) is 61.0 Å². The highest BCUT2D eigenvalue weighted by molar-refractivity contribution is 6.30. The number of benzene rings is 1. The van der Waals surface area contributed by atoms with Crippen molar-refractivity contribution >= 4 is 17.6 Å². The molecular weight excluding hydrogens is 302 g/mol. The fourth-order valence-electron chi connectivity index (χ4n) is 2.12. The molecule has 2 rings (SSSR count). The summed E-state index contributed by atoms with van der Waals surface area (Å²) in [6.07, 6.45) is 0.981. The minimum absolute atomic E-state index is 0.343. The maximum absolute atomic E-state index is 10.2. The molecule has 1 heterocycles. The molecule has 1 aromatic carbocycles. The number of guanidine groups is 1. The predicted molar refractivity (Wildman–Crippen MR) is 87.9 cm³/mol. The molecule has 6 heteroatoms. The highest BCUT2D eigenvalue weighted by Crippen LogP contribution is 2.17. The zero-order chi connectivity index (χ0) is 15.9. The quantitative estimate of drug-likeness (QED) is 0.656. The molecule has 0 aliphatic carbocycles. The summed E-state index contributed by atoms with van der Waals surface area (Å²) in [4.78, 5) is 6.12. The van der Waals surface area contributed by atoms with Crippen molar-refractivity contribution in [2.45, 2.75) is 12.6 Å². The third kappa shape index (κ3) is 4.51. The molecule has 118 valence electrons. The summed E-state index contributed by atoms with van der Waals surface area (Å²) in [5.41, 5.74) is 0.768. The molecule has 2 aromatic rings. The van der Waals surface area contributed by atoms with Crippen LogP contribution in [0.1, 0.15) is 17.4 Å². The largest absolute Gasteiger partial charge is 0.467 e. The number of nitrogens with one attached hydrogen (secondary N) is 1. The second kappa shape index (κ2) is 7.87. The molecule has 0 saturated heterocycles. The van der Waals surface area contributed by atoms with Gasteiger partial charge in [0.2, 0.25) is 0 Å². The van der Waals surface area contributed by atoms with Crippen molar-refractivity contribution in [1.29, 1.82) is 0 Å². The summed E-state index contributed by atoms with van der Waals surface area (Å²) in [5.74, 6) is 1.53. The van der Waals surface area contributed by atoms with Crippen molar-refractivity contribution in [2.75, 3.05) is 20.6 Å². The van der Waals surface area contributed by atoms with Crippen molar-refractivity contribution < 1.29 is 9.52 Å². The van der Waals surface area contributed by atoms with E-state index >= 15 is 0 Å². The highest BCUT2D eigenvalue weighted by atomic mass is 35.5. The van der Waals surface area contributed by atoms with Crippen LogP contribution in [0.2, 0.25) is 5.02 Å². The number of rotatable bonds is 5. The molecule has 0 saturated carbocycles. The number of halogens is 1. The summed E-state index contributed by atoms with van der Waals surface area (Å²) in [6.45, 7) is 0.940. The number of nitrogens with zero attached hydrogens (tertiary/aromatic N) is 2. The van der Waals surface area contributed by atoms with Crippen LogP contribution in [0.5, 0.6) is 0 Å². The molecule has 0 radical (unpaired) electrons. The molecule has 0 spiro atoms. The molecule has 0 aliphatic rings. The van der Waals surface area contributed by atoms with E-state index < -0.39 is 6.10 Å². The summed E-state index contributed by atoms with van der Waals surface area (Å²) in [7, 11) is 3.61.